The van der Waals surface area contributed by atoms with Gasteiger partial charge in [0.25, 0.3) is 0 Å². The first-order valence-electron chi connectivity index (χ1n) is 8.51. The van der Waals surface area contributed by atoms with Gasteiger partial charge in [-0.15, -0.1) is 0 Å². The standard InChI is InChI=1S/C20H29NO/c1-20(2,3)18-12-9-16(10-13-18)11-14-19(22)21-15-17-7-5-4-6-8-17/h9-14,17H,4-8,15H2,1-3H3,(H,21,22)/b14-11+. The molecule has 22 heavy (non-hydrogen) atoms. The van der Waals surface area contributed by atoms with Crippen LogP contribution in [0.1, 0.15) is 64.0 Å². The molecule has 0 saturated heterocycles. The molecule has 0 aromatic heterocycles. The van der Waals surface area contributed by atoms with Crippen molar-refractivity contribution in [1.29, 1.82) is 0 Å². The molecule has 0 radical (unpaired) electrons. The Labute approximate surface area is 135 Å². The molecule has 0 unspecified atom stereocenters. The van der Waals surface area contributed by atoms with E-state index in [0.717, 1.165) is 12.1 Å². The van der Waals surface area contributed by atoms with Crippen LogP contribution >= 0.6 is 0 Å². The zero-order chi connectivity index (χ0) is 16.0. The van der Waals surface area contributed by atoms with Crippen LogP contribution in [0, 0.1) is 5.92 Å². The maximum Gasteiger partial charge on any atom is 0.244 e. The summed E-state index contributed by atoms with van der Waals surface area (Å²) in [5, 5.41) is 3.03. The molecular formula is C20H29NO. The monoisotopic (exact) mass is 299 g/mol. The SMILES string of the molecule is CC(C)(C)c1ccc(/C=C/C(=O)NCC2CCCCC2)cc1. The van der Waals surface area contributed by atoms with Crippen LogP contribution in [0.25, 0.3) is 6.08 Å². The molecule has 0 atom stereocenters. The number of carbonyl (C=O) groups is 1. The third-order valence-corrected chi connectivity index (χ3v) is 4.49. The van der Waals surface area contributed by atoms with Gasteiger partial charge in [0.15, 0.2) is 0 Å². The lowest BCUT2D eigenvalue weighted by atomic mass is 9.87. The summed E-state index contributed by atoms with van der Waals surface area (Å²) in [6.45, 7) is 7.44. The van der Waals surface area contributed by atoms with Crippen LogP contribution in [0.3, 0.4) is 0 Å². The van der Waals surface area contributed by atoms with Gasteiger partial charge >= 0.3 is 0 Å². The number of amides is 1. The molecule has 0 spiro atoms. The fourth-order valence-corrected chi connectivity index (χ4v) is 2.96. The number of nitrogens with one attached hydrogen (secondary N) is 1. The van der Waals surface area contributed by atoms with Crippen molar-refractivity contribution in [3.63, 3.8) is 0 Å². The van der Waals surface area contributed by atoms with Gasteiger partial charge in [0, 0.05) is 12.6 Å². The lowest BCUT2D eigenvalue weighted by Gasteiger charge is -2.21. The summed E-state index contributed by atoms with van der Waals surface area (Å²) in [5.41, 5.74) is 2.55. The summed E-state index contributed by atoms with van der Waals surface area (Å²) < 4.78 is 0. The van der Waals surface area contributed by atoms with E-state index in [1.165, 1.54) is 37.7 Å². The number of hydrogen-bond donors (Lipinski definition) is 1. The van der Waals surface area contributed by atoms with Crippen molar-refractivity contribution < 1.29 is 4.79 Å². The second-order valence-electron chi connectivity index (χ2n) is 7.45. The molecule has 2 rings (SSSR count). The highest BCUT2D eigenvalue weighted by Crippen LogP contribution is 2.23. The van der Waals surface area contributed by atoms with Crippen molar-refractivity contribution in [1.82, 2.24) is 5.32 Å². The first kappa shape index (κ1) is 16.8. The van der Waals surface area contributed by atoms with Crippen molar-refractivity contribution in [2.45, 2.75) is 58.3 Å². The average Bonchev–Trinajstić information content (AvgIpc) is 2.51. The molecule has 1 amide bonds. The van der Waals surface area contributed by atoms with E-state index in [1.807, 2.05) is 6.08 Å². The molecule has 2 nitrogen and oxygen atoms in total. The topological polar surface area (TPSA) is 29.1 Å². The van der Waals surface area contributed by atoms with Crippen LogP contribution in [0.4, 0.5) is 0 Å². The molecule has 1 N–H and O–H groups in total. The zero-order valence-electron chi connectivity index (χ0n) is 14.2. The third kappa shape index (κ3) is 5.32. The van der Waals surface area contributed by atoms with Crippen molar-refractivity contribution in [3.8, 4) is 0 Å². The van der Waals surface area contributed by atoms with Gasteiger partial charge in [-0.2, -0.15) is 0 Å². The lowest BCUT2D eigenvalue weighted by molar-refractivity contribution is -0.116. The summed E-state index contributed by atoms with van der Waals surface area (Å²) >= 11 is 0. The lowest BCUT2D eigenvalue weighted by Crippen LogP contribution is -2.28. The quantitative estimate of drug-likeness (QED) is 0.803. The number of benzene rings is 1. The molecule has 1 aliphatic carbocycles. The summed E-state index contributed by atoms with van der Waals surface area (Å²) in [6.07, 6.45) is 10.1. The van der Waals surface area contributed by atoms with Gasteiger partial charge in [-0.3, -0.25) is 4.79 Å². The maximum absolute atomic E-state index is 11.9. The van der Waals surface area contributed by atoms with Gasteiger partial charge in [-0.25, -0.2) is 0 Å². The summed E-state index contributed by atoms with van der Waals surface area (Å²) in [7, 11) is 0. The van der Waals surface area contributed by atoms with Crippen LogP contribution in [-0.2, 0) is 10.2 Å². The molecule has 0 heterocycles. The summed E-state index contributed by atoms with van der Waals surface area (Å²) in [6, 6.07) is 8.43. The smallest absolute Gasteiger partial charge is 0.244 e. The molecule has 2 heteroatoms. The van der Waals surface area contributed by atoms with Crippen molar-refractivity contribution in [2.75, 3.05) is 6.54 Å². The molecule has 0 aliphatic heterocycles. The predicted molar refractivity (Wildman–Crippen MR) is 93.8 cm³/mol. The average molecular weight is 299 g/mol. The molecule has 1 aromatic carbocycles. The second kappa shape index (κ2) is 7.62. The normalized spacial score (nSPS) is 16.9. The van der Waals surface area contributed by atoms with Gasteiger partial charge in [-0.1, -0.05) is 64.3 Å². The largest absolute Gasteiger partial charge is 0.352 e. The highest BCUT2D eigenvalue weighted by molar-refractivity contribution is 5.91. The van der Waals surface area contributed by atoms with Crippen LogP contribution < -0.4 is 5.32 Å². The Kier molecular flexibility index (Phi) is 5.82. The number of rotatable bonds is 4. The summed E-state index contributed by atoms with van der Waals surface area (Å²) in [4.78, 5) is 11.9. The first-order valence-corrected chi connectivity index (χ1v) is 8.51. The van der Waals surface area contributed by atoms with E-state index in [9.17, 15) is 4.79 Å². The minimum Gasteiger partial charge on any atom is -0.352 e. The molecular weight excluding hydrogens is 270 g/mol. The second-order valence-corrected chi connectivity index (χ2v) is 7.45. The Morgan fingerprint density at radius 3 is 2.36 bits per heavy atom. The van der Waals surface area contributed by atoms with Crippen LogP contribution in [0.5, 0.6) is 0 Å². The Hall–Kier alpha value is -1.57. The molecule has 1 fully saturated rings. The molecule has 120 valence electrons. The van der Waals surface area contributed by atoms with Crippen LogP contribution in [-0.4, -0.2) is 12.5 Å². The van der Waals surface area contributed by atoms with Crippen molar-refractivity contribution in [3.05, 3.63) is 41.5 Å². The van der Waals surface area contributed by atoms with Gasteiger partial charge < -0.3 is 5.32 Å². The molecule has 1 aromatic rings. The summed E-state index contributed by atoms with van der Waals surface area (Å²) in [5.74, 6) is 0.697. The Bertz CT molecular complexity index is 502. The Morgan fingerprint density at radius 1 is 1.14 bits per heavy atom. The van der Waals surface area contributed by atoms with Crippen molar-refractivity contribution in [2.24, 2.45) is 5.92 Å². The van der Waals surface area contributed by atoms with Gasteiger partial charge in [0.1, 0.15) is 0 Å². The predicted octanol–water partition coefficient (Wildman–Crippen LogP) is 4.69. The van der Waals surface area contributed by atoms with Gasteiger partial charge in [0.05, 0.1) is 0 Å². The Morgan fingerprint density at radius 2 is 1.77 bits per heavy atom. The minimum atomic E-state index is 0.0190. The zero-order valence-corrected chi connectivity index (χ0v) is 14.2. The molecule has 1 aliphatic rings. The van der Waals surface area contributed by atoms with E-state index in [1.54, 1.807) is 6.08 Å². The number of carbonyl (C=O) groups excluding carboxylic acids is 1. The van der Waals surface area contributed by atoms with E-state index in [4.69, 9.17) is 0 Å². The van der Waals surface area contributed by atoms with E-state index in [0.29, 0.717) is 5.92 Å². The van der Waals surface area contributed by atoms with Crippen LogP contribution in [0.2, 0.25) is 0 Å². The highest BCUT2D eigenvalue weighted by Gasteiger charge is 2.14. The van der Waals surface area contributed by atoms with Gasteiger partial charge in [0.2, 0.25) is 5.91 Å². The fraction of sp³-hybridized carbons (Fsp3) is 0.550. The van der Waals surface area contributed by atoms with Gasteiger partial charge in [-0.05, 0) is 41.4 Å². The van der Waals surface area contributed by atoms with E-state index >= 15 is 0 Å². The third-order valence-electron chi connectivity index (χ3n) is 4.49. The Balaban J connectivity index is 1.81. The molecule has 0 bridgehead atoms. The maximum atomic E-state index is 11.9. The minimum absolute atomic E-state index is 0.0190. The number of hydrogen-bond acceptors (Lipinski definition) is 1. The highest BCUT2D eigenvalue weighted by atomic mass is 16.1. The fourth-order valence-electron chi connectivity index (χ4n) is 2.96. The van der Waals surface area contributed by atoms with Crippen LogP contribution in [0.15, 0.2) is 30.3 Å². The van der Waals surface area contributed by atoms with E-state index in [-0.39, 0.29) is 11.3 Å². The van der Waals surface area contributed by atoms with E-state index in [2.05, 4.69) is 50.4 Å². The first-order chi connectivity index (χ1) is 10.4. The molecule has 1 saturated carbocycles. The van der Waals surface area contributed by atoms with Crippen molar-refractivity contribution >= 4 is 12.0 Å². The van der Waals surface area contributed by atoms with E-state index < -0.39 is 0 Å².